The van der Waals surface area contributed by atoms with Gasteiger partial charge >= 0.3 is 0 Å². The Labute approximate surface area is 154 Å². The summed E-state index contributed by atoms with van der Waals surface area (Å²) in [4.78, 5) is 2.11. The zero-order valence-corrected chi connectivity index (χ0v) is 15.6. The van der Waals surface area contributed by atoms with Crippen molar-refractivity contribution in [2.24, 2.45) is 0 Å². The minimum Gasteiger partial charge on any atom is -0.311 e. The van der Waals surface area contributed by atoms with Crippen LogP contribution in [0, 0.1) is 13.8 Å². The molecule has 3 rings (SSSR count). The van der Waals surface area contributed by atoms with Crippen LogP contribution in [0.1, 0.15) is 16.7 Å². The minimum atomic E-state index is -4.04. The maximum absolute atomic E-state index is 11.1. The maximum atomic E-state index is 11.1. The first kappa shape index (κ1) is 18.2. The molecular weight excluding hydrogens is 346 g/mol. The molecule has 1 N–H and O–H groups in total. The molecule has 0 bridgehead atoms. The normalized spacial score (nSPS) is 11.3. The molecule has 134 valence electrons. The van der Waals surface area contributed by atoms with E-state index in [4.69, 9.17) is 4.55 Å². The van der Waals surface area contributed by atoms with E-state index in [1.807, 2.05) is 26.0 Å². The van der Waals surface area contributed by atoms with Gasteiger partial charge in [0.15, 0.2) is 0 Å². The molecule has 0 fully saturated rings. The van der Waals surface area contributed by atoms with Gasteiger partial charge in [-0.05, 0) is 55.8 Å². The molecule has 0 amide bonds. The van der Waals surface area contributed by atoms with Crippen molar-refractivity contribution in [3.63, 3.8) is 0 Å². The van der Waals surface area contributed by atoms with Gasteiger partial charge in [0.1, 0.15) is 5.75 Å². The molecule has 0 saturated carbocycles. The largest absolute Gasteiger partial charge is 0.311 e. The number of anilines is 3. The molecule has 0 saturated heterocycles. The lowest BCUT2D eigenvalue weighted by molar-refractivity contribution is 0.482. The summed E-state index contributed by atoms with van der Waals surface area (Å²) >= 11 is 0. The second kappa shape index (κ2) is 7.32. The number of benzene rings is 3. The summed E-state index contributed by atoms with van der Waals surface area (Å²) in [5.74, 6) is -0.387. The lowest BCUT2D eigenvalue weighted by Gasteiger charge is -2.26. The number of aryl methyl sites for hydroxylation is 2. The fourth-order valence-electron chi connectivity index (χ4n) is 2.79. The molecule has 0 aliphatic carbocycles. The lowest BCUT2D eigenvalue weighted by atomic mass is 10.1. The van der Waals surface area contributed by atoms with Crippen LogP contribution in [0.5, 0.6) is 0 Å². The Morgan fingerprint density at radius 3 is 1.38 bits per heavy atom. The molecule has 0 aliphatic rings. The van der Waals surface area contributed by atoms with E-state index in [-0.39, 0.29) is 5.75 Å². The van der Waals surface area contributed by atoms with Gasteiger partial charge in [-0.3, -0.25) is 4.55 Å². The molecule has 0 unspecified atom stereocenters. The quantitative estimate of drug-likeness (QED) is 0.633. The predicted molar refractivity (Wildman–Crippen MR) is 106 cm³/mol. The van der Waals surface area contributed by atoms with E-state index >= 15 is 0 Å². The number of nitrogens with zero attached hydrogens (tertiary/aromatic N) is 1. The van der Waals surface area contributed by atoms with Gasteiger partial charge in [-0.25, -0.2) is 0 Å². The third-order valence-electron chi connectivity index (χ3n) is 4.13. The Bertz CT molecular complexity index is 931. The Morgan fingerprint density at radius 2 is 1.04 bits per heavy atom. The Balaban J connectivity index is 2.03. The number of rotatable bonds is 5. The number of hydrogen-bond acceptors (Lipinski definition) is 3. The van der Waals surface area contributed by atoms with Gasteiger partial charge < -0.3 is 4.90 Å². The highest BCUT2D eigenvalue weighted by Crippen LogP contribution is 2.34. The Hall–Kier alpha value is -2.63. The summed E-state index contributed by atoms with van der Waals surface area (Å²) in [5, 5.41) is 0. The summed E-state index contributed by atoms with van der Waals surface area (Å²) < 4.78 is 31.2. The van der Waals surface area contributed by atoms with Crippen LogP contribution < -0.4 is 4.90 Å². The van der Waals surface area contributed by atoms with Gasteiger partial charge in [0.2, 0.25) is 0 Å². The second-order valence-corrected chi connectivity index (χ2v) is 7.85. The van der Waals surface area contributed by atoms with E-state index in [0.29, 0.717) is 5.56 Å². The first-order chi connectivity index (χ1) is 12.3. The Morgan fingerprint density at radius 1 is 0.692 bits per heavy atom. The van der Waals surface area contributed by atoms with Gasteiger partial charge in [-0.2, -0.15) is 8.42 Å². The topological polar surface area (TPSA) is 57.6 Å². The molecule has 0 radical (unpaired) electrons. The van der Waals surface area contributed by atoms with Crippen molar-refractivity contribution < 1.29 is 13.0 Å². The Kier molecular flexibility index (Phi) is 5.11. The zero-order valence-electron chi connectivity index (χ0n) is 14.8. The highest BCUT2D eigenvalue weighted by Gasteiger charge is 2.13. The van der Waals surface area contributed by atoms with Gasteiger partial charge in [0.25, 0.3) is 10.1 Å². The van der Waals surface area contributed by atoms with E-state index in [2.05, 4.69) is 53.4 Å². The average Bonchev–Trinajstić information content (AvgIpc) is 2.59. The van der Waals surface area contributed by atoms with Crippen LogP contribution in [0.3, 0.4) is 0 Å². The maximum Gasteiger partial charge on any atom is 0.269 e. The van der Waals surface area contributed by atoms with Crippen molar-refractivity contribution in [1.29, 1.82) is 0 Å². The van der Waals surface area contributed by atoms with Crippen LogP contribution in [0.15, 0.2) is 72.8 Å². The first-order valence-corrected chi connectivity index (χ1v) is 9.90. The van der Waals surface area contributed by atoms with Crippen molar-refractivity contribution in [3.8, 4) is 0 Å². The lowest BCUT2D eigenvalue weighted by Crippen LogP contribution is -2.10. The van der Waals surface area contributed by atoms with Crippen molar-refractivity contribution in [1.82, 2.24) is 0 Å². The van der Waals surface area contributed by atoms with E-state index in [0.717, 1.165) is 17.1 Å². The molecule has 0 aromatic heterocycles. The molecule has 26 heavy (non-hydrogen) atoms. The monoisotopic (exact) mass is 367 g/mol. The first-order valence-electron chi connectivity index (χ1n) is 8.29. The fraction of sp³-hybridized carbons (Fsp3) is 0.143. The minimum absolute atomic E-state index is 0.387. The molecule has 0 heterocycles. The van der Waals surface area contributed by atoms with Gasteiger partial charge in [0, 0.05) is 17.1 Å². The van der Waals surface area contributed by atoms with E-state index in [1.54, 1.807) is 12.1 Å². The van der Waals surface area contributed by atoms with E-state index in [9.17, 15) is 8.42 Å². The molecule has 3 aromatic carbocycles. The van der Waals surface area contributed by atoms with Crippen LogP contribution >= 0.6 is 0 Å². The molecule has 5 heteroatoms. The van der Waals surface area contributed by atoms with E-state index < -0.39 is 10.1 Å². The third-order valence-corrected chi connectivity index (χ3v) is 4.83. The predicted octanol–water partition coefficient (Wildman–Crippen LogP) is 5.16. The second-order valence-electron chi connectivity index (χ2n) is 6.40. The SMILES string of the molecule is Cc1ccc(N(c2ccc(C)cc2)c2ccc(CS(=O)(=O)O)cc2)cc1. The molecule has 0 aliphatic heterocycles. The van der Waals surface area contributed by atoms with E-state index in [1.165, 1.54) is 11.1 Å². The number of hydrogen-bond donors (Lipinski definition) is 1. The molecular formula is C21H21NO3S. The van der Waals surface area contributed by atoms with Gasteiger partial charge in [0.05, 0.1) is 0 Å². The van der Waals surface area contributed by atoms with Crippen LogP contribution in [-0.2, 0) is 15.9 Å². The molecule has 0 atom stereocenters. The third kappa shape index (κ3) is 4.50. The highest BCUT2D eigenvalue weighted by atomic mass is 32.2. The molecule has 4 nitrogen and oxygen atoms in total. The molecule has 3 aromatic rings. The van der Waals surface area contributed by atoms with Crippen LogP contribution in [0.4, 0.5) is 17.1 Å². The summed E-state index contributed by atoms with van der Waals surface area (Å²) in [5.41, 5.74) is 5.85. The summed E-state index contributed by atoms with van der Waals surface area (Å²) in [6.07, 6.45) is 0. The summed E-state index contributed by atoms with van der Waals surface area (Å²) in [6, 6.07) is 23.6. The fourth-order valence-corrected chi connectivity index (χ4v) is 3.40. The zero-order chi connectivity index (χ0) is 18.7. The highest BCUT2D eigenvalue weighted by molar-refractivity contribution is 7.85. The standard InChI is InChI=1S/C21H21NO3S/c1-16-3-9-19(10-4-16)22(20-11-5-17(2)6-12-20)21-13-7-18(8-14-21)15-26(23,24)25/h3-14H,15H2,1-2H3,(H,23,24,25). The van der Waals surface area contributed by atoms with Crippen LogP contribution in [0.25, 0.3) is 0 Å². The van der Waals surface area contributed by atoms with Crippen LogP contribution in [-0.4, -0.2) is 13.0 Å². The van der Waals surface area contributed by atoms with Gasteiger partial charge in [-0.15, -0.1) is 0 Å². The average molecular weight is 367 g/mol. The van der Waals surface area contributed by atoms with Crippen molar-refractivity contribution >= 4 is 27.2 Å². The summed E-state index contributed by atoms with van der Waals surface area (Å²) in [6.45, 7) is 4.09. The van der Waals surface area contributed by atoms with Crippen molar-refractivity contribution in [2.45, 2.75) is 19.6 Å². The molecule has 0 spiro atoms. The van der Waals surface area contributed by atoms with Crippen molar-refractivity contribution in [2.75, 3.05) is 4.90 Å². The smallest absolute Gasteiger partial charge is 0.269 e. The van der Waals surface area contributed by atoms with Gasteiger partial charge in [-0.1, -0.05) is 47.5 Å². The van der Waals surface area contributed by atoms with Crippen molar-refractivity contribution in [3.05, 3.63) is 89.5 Å². The summed E-state index contributed by atoms with van der Waals surface area (Å²) in [7, 11) is -4.04. The van der Waals surface area contributed by atoms with Crippen LogP contribution in [0.2, 0.25) is 0 Å².